The molecule has 0 heterocycles. The van der Waals surface area contributed by atoms with Gasteiger partial charge in [-0.25, -0.2) is 0 Å². The van der Waals surface area contributed by atoms with Gasteiger partial charge in [0.05, 0.1) is 16.5 Å². The fourth-order valence-corrected chi connectivity index (χ4v) is 1.64. The number of nitrogens with one attached hydrogen (secondary N) is 1. The first kappa shape index (κ1) is 15.2. The molecule has 1 aromatic carbocycles. The van der Waals surface area contributed by atoms with E-state index in [1.165, 1.54) is 12.4 Å². The summed E-state index contributed by atoms with van der Waals surface area (Å²) in [5.41, 5.74) is -1.29. The largest absolute Gasteiger partial charge is 0.495 e. The Bertz CT molecular complexity index is 533. The van der Waals surface area contributed by atoms with Crippen LogP contribution >= 0.6 is 15.9 Å². The lowest BCUT2D eigenvalue weighted by Gasteiger charge is -2.10. The maximum Gasteiger partial charge on any atom is 0.471 e. The molecule has 1 amide bonds. The number of carbonyl (C=O) groups excluding carboxylic acids is 1. The van der Waals surface area contributed by atoms with Crippen molar-refractivity contribution < 1.29 is 27.6 Å². The minimum absolute atomic E-state index is 0.0445. The number of benzene rings is 1. The Hall–Kier alpha value is -1.84. The van der Waals surface area contributed by atoms with Crippen LogP contribution in [-0.2, 0) is 4.79 Å². The molecule has 0 radical (unpaired) electrons. The highest BCUT2D eigenvalue weighted by atomic mass is 79.9. The SMILES string of the molecule is COc1cc(NC(=O)C(F)(F)F)c([N+](=O)[O-])cc1Br. The number of nitrogens with zero attached hydrogens (tertiary/aromatic N) is 1. The summed E-state index contributed by atoms with van der Waals surface area (Å²) in [6, 6.07) is 1.86. The van der Waals surface area contributed by atoms with Crippen LogP contribution in [0, 0.1) is 10.1 Å². The number of halogens is 4. The quantitative estimate of drug-likeness (QED) is 0.676. The summed E-state index contributed by atoms with van der Waals surface area (Å²) in [7, 11) is 1.22. The zero-order chi connectivity index (χ0) is 14.8. The smallest absolute Gasteiger partial charge is 0.471 e. The lowest BCUT2D eigenvalue weighted by Crippen LogP contribution is -2.30. The summed E-state index contributed by atoms with van der Waals surface area (Å²) in [4.78, 5) is 20.6. The van der Waals surface area contributed by atoms with E-state index in [0.717, 1.165) is 12.1 Å². The van der Waals surface area contributed by atoms with Gasteiger partial charge in [-0.1, -0.05) is 0 Å². The molecule has 1 aromatic rings. The third kappa shape index (κ3) is 3.56. The van der Waals surface area contributed by atoms with Crippen LogP contribution in [-0.4, -0.2) is 24.1 Å². The number of amides is 1. The predicted molar refractivity (Wildman–Crippen MR) is 62.0 cm³/mol. The summed E-state index contributed by atoms with van der Waals surface area (Å²) < 4.78 is 41.3. The van der Waals surface area contributed by atoms with Crippen LogP contribution in [0.1, 0.15) is 0 Å². The molecule has 1 rings (SSSR count). The summed E-state index contributed by atoms with van der Waals surface area (Å²) in [6.07, 6.45) is -5.14. The van der Waals surface area contributed by atoms with Gasteiger partial charge >= 0.3 is 12.1 Å². The van der Waals surface area contributed by atoms with Gasteiger partial charge in [-0.05, 0) is 15.9 Å². The van der Waals surface area contributed by atoms with E-state index in [9.17, 15) is 28.1 Å². The number of hydrogen-bond donors (Lipinski definition) is 1. The van der Waals surface area contributed by atoms with Gasteiger partial charge in [0.15, 0.2) is 0 Å². The van der Waals surface area contributed by atoms with E-state index in [4.69, 9.17) is 4.74 Å². The zero-order valence-corrected chi connectivity index (χ0v) is 10.8. The van der Waals surface area contributed by atoms with E-state index >= 15 is 0 Å². The number of carbonyl (C=O) groups is 1. The highest BCUT2D eigenvalue weighted by Gasteiger charge is 2.39. The molecule has 0 unspecified atom stereocenters. The van der Waals surface area contributed by atoms with Crippen molar-refractivity contribution in [3.63, 3.8) is 0 Å². The highest BCUT2D eigenvalue weighted by Crippen LogP contribution is 2.36. The lowest BCUT2D eigenvalue weighted by atomic mass is 10.2. The van der Waals surface area contributed by atoms with E-state index in [-0.39, 0.29) is 10.2 Å². The third-order valence-corrected chi connectivity index (χ3v) is 2.59. The van der Waals surface area contributed by atoms with Crippen molar-refractivity contribution >= 4 is 33.2 Å². The molecule has 104 valence electrons. The summed E-state index contributed by atoms with van der Waals surface area (Å²) in [6.45, 7) is 0. The number of nitro groups is 1. The maximum absolute atomic E-state index is 12.1. The average molecular weight is 343 g/mol. The van der Waals surface area contributed by atoms with Gasteiger partial charge in [0.25, 0.3) is 5.69 Å². The molecule has 0 saturated heterocycles. The second-order valence-electron chi connectivity index (χ2n) is 3.21. The number of ether oxygens (including phenoxy) is 1. The number of anilines is 1. The standard InChI is InChI=1S/C9H6BrF3N2O4/c1-19-7-3-5(14-8(16)9(11,12)13)6(15(17)18)2-4(7)10/h2-3H,1H3,(H,14,16). The molecule has 6 nitrogen and oxygen atoms in total. The van der Waals surface area contributed by atoms with E-state index in [0.29, 0.717) is 0 Å². The second kappa shape index (κ2) is 5.43. The van der Waals surface area contributed by atoms with Crippen LogP contribution in [0.5, 0.6) is 5.75 Å². The van der Waals surface area contributed by atoms with E-state index in [1.807, 2.05) is 0 Å². The van der Waals surface area contributed by atoms with Gasteiger partial charge in [0.2, 0.25) is 0 Å². The van der Waals surface area contributed by atoms with Crippen LogP contribution in [0.15, 0.2) is 16.6 Å². The Balaban J connectivity index is 3.25. The van der Waals surface area contributed by atoms with Gasteiger partial charge in [-0.15, -0.1) is 0 Å². The van der Waals surface area contributed by atoms with Crippen molar-refractivity contribution in [2.24, 2.45) is 0 Å². The molecule has 0 saturated carbocycles. The Labute approximate surface area is 112 Å². The Kier molecular flexibility index (Phi) is 4.35. The van der Waals surface area contributed by atoms with Crippen molar-refractivity contribution in [2.45, 2.75) is 6.18 Å². The monoisotopic (exact) mass is 342 g/mol. The van der Waals surface area contributed by atoms with Gasteiger partial charge in [0.1, 0.15) is 11.4 Å². The van der Waals surface area contributed by atoms with Crippen molar-refractivity contribution in [1.29, 1.82) is 0 Å². The predicted octanol–water partition coefficient (Wildman–Crippen LogP) is 2.87. The van der Waals surface area contributed by atoms with E-state index in [1.54, 1.807) is 0 Å². The van der Waals surface area contributed by atoms with Crippen molar-refractivity contribution in [1.82, 2.24) is 0 Å². The van der Waals surface area contributed by atoms with Gasteiger partial charge < -0.3 is 10.1 Å². The topological polar surface area (TPSA) is 81.5 Å². The molecule has 0 aliphatic heterocycles. The number of alkyl halides is 3. The van der Waals surface area contributed by atoms with Crippen LogP contribution in [0.3, 0.4) is 0 Å². The molecule has 10 heteroatoms. The molecular formula is C9H6BrF3N2O4. The summed E-state index contributed by atoms with van der Waals surface area (Å²) in [5.74, 6) is -2.26. The zero-order valence-electron chi connectivity index (χ0n) is 9.25. The molecule has 0 spiro atoms. The molecule has 0 aliphatic carbocycles. The van der Waals surface area contributed by atoms with Crippen molar-refractivity contribution in [3.05, 3.63) is 26.7 Å². The van der Waals surface area contributed by atoms with E-state index < -0.39 is 28.4 Å². The minimum atomic E-state index is -5.14. The first-order valence-electron chi connectivity index (χ1n) is 4.57. The number of rotatable bonds is 3. The maximum atomic E-state index is 12.1. The molecule has 1 N–H and O–H groups in total. The first-order valence-corrected chi connectivity index (χ1v) is 5.36. The molecular weight excluding hydrogens is 337 g/mol. The van der Waals surface area contributed by atoms with Gasteiger partial charge in [-0.2, -0.15) is 13.2 Å². The number of nitro benzene ring substituents is 1. The molecule has 0 aromatic heterocycles. The van der Waals surface area contributed by atoms with Crippen LogP contribution in [0.4, 0.5) is 24.5 Å². The Morgan fingerprint density at radius 3 is 2.47 bits per heavy atom. The highest BCUT2D eigenvalue weighted by molar-refractivity contribution is 9.10. The normalized spacial score (nSPS) is 11.0. The summed E-state index contributed by atoms with van der Waals surface area (Å²) >= 11 is 2.95. The lowest BCUT2D eigenvalue weighted by molar-refractivity contribution is -0.384. The number of hydrogen-bond acceptors (Lipinski definition) is 4. The van der Waals surface area contributed by atoms with Gasteiger partial charge in [-0.3, -0.25) is 14.9 Å². The molecule has 19 heavy (non-hydrogen) atoms. The molecule has 0 atom stereocenters. The number of methoxy groups -OCH3 is 1. The fraction of sp³-hybridized carbons (Fsp3) is 0.222. The fourth-order valence-electron chi connectivity index (χ4n) is 1.14. The van der Waals surface area contributed by atoms with Crippen LogP contribution in [0.25, 0.3) is 0 Å². The minimum Gasteiger partial charge on any atom is -0.495 e. The van der Waals surface area contributed by atoms with Crippen molar-refractivity contribution in [3.8, 4) is 5.75 Å². The van der Waals surface area contributed by atoms with Crippen molar-refractivity contribution in [2.75, 3.05) is 12.4 Å². The van der Waals surface area contributed by atoms with E-state index in [2.05, 4.69) is 15.9 Å². The second-order valence-corrected chi connectivity index (χ2v) is 4.07. The summed E-state index contributed by atoms with van der Waals surface area (Å²) in [5, 5.41) is 12.1. The Morgan fingerprint density at radius 1 is 1.47 bits per heavy atom. The third-order valence-electron chi connectivity index (χ3n) is 1.97. The first-order chi connectivity index (χ1) is 8.66. The molecule has 0 fully saturated rings. The molecule has 0 bridgehead atoms. The van der Waals surface area contributed by atoms with Crippen LogP contribution < -0.4 is 10.1 Å². The molecule has 0 aliphatic rings. The average Bonchev–Trinajstić information content (AvgIpc) is 2.29. The Morgan fingerprint density at radius 2 is 2.05 bits per heavy atom. The van der Waals surface area contributed by atoms with Crippen LogP contribution in [0.2, 0.25) is 0 Å². The van der Waals surface area contributed by atoms with Gasteiger partial charge in [0, 0.05) is 12.1 Å².